The van der Waals surface area contributed by atoms with E-state index in [1.807, 2.05) is 48.5 Å². The molecule has 0 atom stereocenters. The molecule has 0 bridgehead atoms. The SMILES string of the molecule is CN=C(NCCOc1ccccc1)NCc1cccc(OCCCOC)c1. The minimum Gasteiger partial charge on any atom is -0.493 e. The maximum absolute atomic E-state index is 5.73. The molecule has 0 aliphatic rings. The van der Waals surface area contributed by atoms with Crippen molar-refractivity contribution in [2.45, 2.75) is 13.0 Å². The molecule has 0 aliphatic carbocycles. The van der Waals surface area contributed by atoms with Crippen LogP contribution in [0.5, 0.6) is 11.5 Å². The van der Waals surface area contributed by atoms with Gasteiger partial charge in [-0.15, -0.1) is 0 Å². The van der Waals surface area contributed by atoms with E-state index in [2.05, 4.69) is 21.7 Å². The van der Waals surface area contributed by atoms with Crippen LogP contribution in [0.25, 0.3) is 0 Å². The van der Waals surface area contributed by atoms with Gasteiger partial charge in [-0.2, -0.15) is 0 Å². The van der Waals surface area contributed by atoms with Gasteiger partial charge in [0.1, 0.15) is 18.1 Å². The maximum Gasteiger partial charge on any atom is 0.191 e. The van der Waals surface area contributed by atoms with Gasteiger partial charge in [-0.1, -0.05) is 30.3 Å². The van der Waals surface area contributed by atoms with Crippen LogP contribution in [0.15, 0.2) is 59.6 Å². The van der Waals surface area contributed by atoms with Crippen LogP contribution in [0.2, 0.25) is 0 Å². The first-order valence-electron chi connectivity index (χ1n) is 9.15. The number of methoxy groups -OCH3 is 1. The van der Waals surface area contributed by atoms with Crippen molar-refractivity contribution in [3.8, 4) is 11.5 Å². The van der Waals surface area contributed by atoms with Gasteiger partial charge in [-0.25, -0.2) is 0 Å². The molecule has 27 heavy (non-hydrogen) atoms. The Labute approximate surface area is 161 Å². The quantitative estimate of drug-likeness (QED) is 0.361. The molecule has 0 aromatic heterocycles. The lowest BCUT2D eigenvalue weighted by Gasteiger charge is -2.13. The number of rotatable bonds is 11. The Morgan fingerprint density at radius 2 is 1.67 bits per heavy atom. The van der Waals surface area contributed by atoms with Gasteiger partial charge >= 0.3 is 0 Å². The van der Waals surface area contributed by atoms with Crippen LogP contribution in [0.4, 0.5) is 0 Å². The third kappa shape index (κ3) is 8.46. The van der Waals surface area contributed by atoms with E-state index in [9.17, 15) is 0 Å². The Morgan fingerprint density at radius 3 is 2.44 bits per heavy atom. The molecule has 0 saturated heterocycles. The average molecular weight is 371 g/mol. The summed E-state index contributed by atoms with van der Waals surface area (Å²) >= 11 is 0. The van der Waals surface area contributed by atoms with E-state index in [0.717, 1.165) is 29.4 Å². The molecule has 0 heterocycles. The van der Waals surface area contributed by atoms with Crippen LogP contribution >= 0.6 is 0 Å². The van der Waals surface area contributed by atoms with E-state index >= 15 is 0 Å². The number of guanidine groups is 1. The second-order valence-electron chi connectivity index (χ2n) is 5.86. The van der Waals surface area contributed by atoms with Gasteiger partial charge in [-0.3, -0.25) is 4.99 Å². The summed E-state index contributed by atoms with van der Waals surface area (Å²) < 4.78 is 16.4. The van der Waals surface area contributed by atoms with Crippen molar-refractivity contribution in [1.82, 2.24) is 10.6 Å². The van der Waals surface area contributed by atoms with Crippen molar-refractivity contribution in [3.63, 3.8) is 0 Å². The van der Waals surface area contributed by atoms with E-state index in [4.69, 9.17) is 14.2 Å². The highest BCUT2D eigenvalue weighted by Gasteiger charge is 2.01. The monoisotopic (exact) mass is 371 g/mol. The average Bonchev–Trinajstić information content (AvgIpc) is 2.72. The molecular weight excluding hydrogens is 342 g/mol. The number of ether oxygens (including phenoxy) is 3. The zero-order chi connectivity index (χ0) is 19.2. The molecule has 0 unspecified atom stereocenters. The predicted molar refractivity (Wildman–Crippen MR) is 109 cm³/mol. The van der Waals surface area contributed by atoms with Gasteiger partial charge in [0.15, 0.2) is 5.96 Å². The van der Waals surface area contributed by atoms with Crippen molar-refractivity contribution in [2.75, 3.05) is 40.5 Å². The lowest BCUT2D eigenvalue weighted by molar-refractivity contribution is 0.172. The molecule has 2 rings (SSSR count). The van der Waals surface area contributed by atoms with Crippen LogP contribution in [0.3, 0.4) is 0 Å². The number of nitrogens with zero attached hydrogens (tertiary/aromatic N) is 1. The van der Waals surface area contributed by atoms with Gasteiger partial charge in [0, 0.05) is 33.7 Å². The Morgan fingerprint density at radius 1 is 0.889 bits per heavy atom. The molecule has 0 fully saturated rings. The lowest BCUT2D eigenvalue weighted by atomic mass is 10.2. The van der Waals surface area contributed by atoms with Crippen molar-refractivity contribution >= 4 is 5.96 Å². The molecule has 0 radical (unpaired) electrons. The largest absolute Gasteiger partial charge is 0.493 e. The van der Waals surface area contributed by atoms with Crippen LogP contribution in [0, 0.1) is 0 Å². The fourth-order valence-electron chi connectivity index (χ4n) is 2.40. The molecule has 6 heteroatoms. The number of hydrogen-bond donors (Lipinski definition) is 2. The molecule has 0 aliphatic heterocycles. The molecule has 2 aromatic rings. The van der Waals surface area contributed by atoms with E-state index in [0.29, 0.717) is 32.9 Å². The van der Waals surface area contributed by atoms with Gasteiger partial charge in [0.2, 0.25) is 0 Å². The second-order valence-corrected chi connectivity index (χ2v) is 5.86. The standard InChI is InChI=1S/C21H29N3O3/c1-22-21(23-12-15-27-19-9-4-3-5-10-19)24-17-18-8-6-11-20(16-18)26-14-7-13-25-2/h3-6,8-11,16H,7,12-15,17H2,1-2H3,(H2,22,23,24). The van der Waals surface area contributed by atoms with Gasteiger partial charge in [0.25, 0.3) is 0 Å². The summed E-state index contributed by atoms with van der Waals surface area (Å²) in [7, 11) is 3.45. The number of hydrogen-bond acceptors (Lipinski definition) is 4. The highest BCUT2D eigenvalue weighted by Crippen LogP contribution is 2.13. The summed E-state index contributed by atoms with van der Waals surface area (Å²) in [5.41, 5.74) is 1.13. The maximum atomic E-state index is 5.73. The van der Waals surface area contributed by atoms with Crippen LogP contribution in [-0.4, -0.2) is 46.5 Å². The third-order valence-electron chi connectivity index (χ3n) is 3.75. The first-order chi connectivity index (χ1) is 13.3. The highest BCUT2D eigenvalue weighted by atomic mass is 16.5. The Balaban J connectivity index is 1.69. The molecule has 2 aromatic carbocycles. The van der Waals surface area contributed by atoms with Gasteiger partial charge in [-0.05, 0) is 29.8 Å². The number of benzene rings is 2. The van der Waals surface area contributed by atoms with Crippen LogP contribution in [-0.2, 0) is 11.3 Å². The summed E-state index contributed by atoms with van der Waals surface area (Å²) in [6.07, 6.45) is 0.876. The first-order valence-corrected chi connectivity index (χ1v) is 9.15. The summed E-state index contributed by atoms with van der Waals surface area (Å²) in [4.78, 5) is 4.23. The van der Waals surface area contributed by atoms with E-state index in [1.165, 1.54) is 0 Å². The number of nitrogens with one attached hydrogen (secondary N) is 2. The summed E-state index contributed by atoms with van der Waals surface area (Å²) in [6.45, 7) is 3.24. The third-order valence-corrected chi connectivity index (χ3v) is 3.75. The fourth-order valence-corrected chi connectivity index (χ4v) is 2.40. The zero-order valence-corrected chi connectivity index (χ0v) is 16.1. The molecule has 2 N–H and O–H groups in total. The van der Waals surface area contributed by atoms with Gasteiger partial charge < -0.3 is 24.8 Å². The Hall–Kier alpha value is -2.73. The van der Waals surface area contributed by atoms with Crippen molar-refractivity contribution in [3.05, 3.63) is 60.2 Å². The molecule has 146 valence electrons. The van der Waals surface area contributed by atoms with E-state index < -0.39 is 0 Å². The van der Waals surface area contributed by atoms with Crippen molar-refractivity contribution in [2.24, 2.45) is 4.99 Å². The topological polar surface area (TPSA) is 64.1 Å². The second kappa shape index (κ2) is 12.6. The first kappa shape index (κ1) is 20.6. The molecule has 0 amide bonds. The summed E-state index contributed by atoms with van der Waals surface area (Å²) in [5.74, 6) is 2.47. The summed E-state index contributed by atoms with van der Waals surface area (Å²) in [6, 6.07) is 17.8. The lowest BCUT2D eigenvalue weighted by Crippen LogP contribution is -2.38. The smallest absolute Gasteiger partial charge is 0.191 e. The Kier molecular flexibility index (Phi) is 9.60. The molecular formula is C21H29N3O3. The Bertz CT molecular complexity index is 677. The van der Waals surface area contributed by atoms with Gasteiger partial charge in [0.05, 0.1) is 13.2 Å². The van der Waals surface area contributed by atoms with E-state index in [1.54, 1.807) is 14.2 Å². The predicted octanol–water partition coefficient (Wildman–Crippen LogP) is 2.85. The minimum absolute atomic E-state index is 0.565. The molecule has 6 nitrogen and oxygen atoms in total. The number of aliphatic imine (C=N–C) groups is 1. The molecule has 0 saturated carbocycles. The summed E-state index contributed by atoms with van der Waals surface area (Å²) in [5, 5.41) is 6.54. The van der Waals surface area contributed by atoms with Crippen LogP contribution in [0.1, 0.15) is 12.0 Å². The highest BCUT2D eigenvalue weighted by molar-refractivity contribution is 5.79. The number of para-hydroxylation sites is 1. The molecule has 0 spiro atoms. The normalized spacial score (nSPS) is 11.1. The van der Waals surface area contributed by atoms with Crippen molar-refractivity contribution in [1.29, 1.82) is 0 Å². The van der Waals surface area contributed by atoms with Crippen molar-refractivity contribution < 1.29 is 14.2 Å². The zero-order valence-electron chi connectivity index (χ0n) is 16.1. The van der Waals surface area contributed by atoms with E-state index in [-0.39, 0.29) is 0 Å². The minimum atomic E-state index is 0.565. The fraction of sp³-hybridized carbons (Fsp3) is 0.381. The van der Waals surface area contributed by atoms with Crippen LogP contribution < -0.4 is 20.1 Å².